The van der Waals surface area contributed by atoms with Crippen molar-refractivity contribution in [1.82, 2.24) is 25.9 Å². The van der Waals surface area contributed by atoms with E-state index in [0.717, 1.165) is 0 Å². The quantitative estimate of drug-likeness (QED) is 0.130. The fourth-order valence-electron chi connectivity index (χ4n) is 2.33. The Morgan fingerprint density at radius 1 is 1.00 bits per heavy atom. The molecule has 1 heterocycles. The van der Waals surface area contributed by atoms with Crippen molar-refractivity contribution in [2.75, 3.05) is 11.5 Å². The number of thiol groups is 2. The fraction of sp³-hybridized carbons (Fsp3) is 0.500. The summed E-state index contributed by atoms with van der Waals surface area (Å²) in [4.78, 5) is 66.5. The summed E-state index contributed by atoms with van der Waals surface area (Å²) in [6.07, 6.45) is 2.18. The van der Waals surface area contributed by atoms with E-state index in [2.05, 4.69) is 51.2 Å². The first-order valence-corrected chi connectivity index (χ1v) is 10.2. The molecule has 0 aromatic carbocycles. The monoisotopic (exact) mass is 475 g/mol. The lowest BCUT2D eigenvalue weighted by molar-refractivity contribution is -0.141. The van der Waals surface area contributed by atoms with E-state index in [1.54, 1.807) is 0 Å². The summed E-state index contributed by atoms with van der Waals surface area (Å²) in [5.74, 6) is -4.90. The number of primary amides is 1. The summed E-state index contributed by atoms with van der Waals surface area (Å²) in [6.45, 7) is 0. The van der Waals surface area contributed by atoms with Crippen molar-refractivity contribution in [1.29, 1.82) is 0 Å². The lowest BCUT2D eigenvalue weighted by atomic mass is 10.1. The number of carbonyl (C=O) groups excluding carboxylic acids is 4. The first-order valence-electron chi connectivity index (χ1n) is 8.95. The minimum absolute atomic E-state index is 0.0250. The summed E-state index contributed by atoms with van der Waals surface area (Å²) >= 11 is 7.77. The molecule has 9 N–H and O–H groups in total. The summed E-state index contributed by atoms with van der Waals surface area (Å²) in [6, 6.07) is -5.01. The van der Waals surface area contributed by atoms with Crippen molar-refractivity contribution < 1.29 is 29.1 Å². The van der Waals surface area contributed by atoms with Crippen LogP contribution in [0.4, 0.5) is 0 Å². The normalized spacial score (nSPS) is 14.5. The van der Waals surface area contributed by atoms with E-state index in [1.807, 2.05) is 0 Å². The van der Waals surface area contributed by atoms with E-state index in [-0.39, 0.29) is 17.9 Å². The lowest BCUT2D eigenvalue weighted by Crippen LogP contribution is -2.58. The highest BCUT2D eigenvalue weighted by molar-refractivity contribution is 7.80. The predicted octanol–water partition coefficient (Wildman–Crippen LogP) is -3.45. The molecule has 1 aromatic rings. The van der Waals surface area contributed by atoms with Crippen LogP contribution in [-0.4, -0.2) is 80.3 Å². The minimum Gasteiger partial charge on any atom is -0.480 e. The molecule has 0 spiro atoms. The molecule has 1 rings (SSSR count). The second kappa shape index (κ2) is 12.8. The Balaban J connectivity index is 3.01. The number of hydrogen-bond acceptors (Lipinski definition) is 9. The van der Waals surface area contributed by atoms with E-state index in [1.165, 1.54) is 12.5 Å². The summed E-state index contributed by atoms with van der Waals surface area (Å²) < 4.78 is 0. The van der Waals surface area contributed by atoms with Gasteiger partial charge in [0.05, 0.1) is 18.8 Å². The maximum absolute atomic E-state index is 12.8. The number of nitrogens with one attached hydrogen (secondary N) is 4. The fourth-order valence-corrected chi connectivity index (χ4v) is 2.74. The van der Waals surface area contributed by atoms with Crippen molar-refractivity contribution in [2.24, 2.45) is 11.5 Å². The second-order valence-electron chi connectivity index (χ2n) is 6.44. The van der Waals surface area contributed by atoms with Gasteiger partial charge in [0.1, 0.15) is 18.1 Å². The van der Waals surface area contributed by atoms with Gasteiger partial charge in [0, 0.05) is 29.8 Å². The molecule has 0 saturated heterocycles. The topological polar surface area (TPSA) is 222 Å². The van der Waals surface area contributed by atoms with E-state index >= 15 is 0 Å². The molecule has 0 bridgehead atoms. The Morgan fingerprint density at radius 3 is 2.06 bits per heavy atom. The first-order chi connectivity index (χ1) is 14.6. The number of hydrogen-bond donors (Lipinski definition) is 9. The summed E-state index contributed by atoms with van der Waals surface area (Å²) in [5.41, 5.74) is 11.3. The van der Waals surface area contributed by atoms with Gasteiger partial charge in [-0.05, 0) is 0 Å². The molecule has 1 aromatic heterocycles. The largest absolute Gasteiger partial charge is 0.480 e. The predicted molar refractivity (Wildman–Crippen MR) is 115 cm³/mol. The van der Waals surface area contributed by atoms with Crippen LogP contribution >= 0.6 is 25.3 Å². The third kappa shape index (κ3) is 8.85. The minimum atomic E-state index is -1.48. The number of aromatic amines is 1. The van der Waals surface area contributed by atoms with Crippen LogP contribution in [0.3, 0.4) is 0 Å². The molecule has 0 saturated carbocycles. The maximum Gasteiger partial charge on any atom is 0.327 e. The molecule has 0 aliphatic heterocycles. The van der Waals surface area contributed by atoms with Crippen LogP contribution in [0, 0.1) is 0 Å². The van der Waals surface area contributed by atoms with Crippen molar-refractivity contribution in [2.45, 2.75) is 37.0 Å². The average molecular weight is 476 g/mol. The van der Waals surface area contributed by atoms with Crippen LogP contribution < -0.4 is 27.4 Å². The number of nitrogens with zero attached hydrogens (tertiary/aromatic N) is 1. The molecule has 31 heavy (non-hydrogen) atoms. The van der Waals surface area contributed by atoms with Gasteiger partial charge in [-0.2, -0.15) is 25.3 Å². The van der Waals surface area contributed by atoms with Gasteiger partial charge in [-0.3, -0.25) is 19.2 Å². The lowest BCUT2D eigenvalue weighted by Gasteiger charge is -2.24. The Hall–Kier alpha value is -2.78. The van der Waals surface area contributed by atoms with Gasteiger partial charge < -0.3 is 37.5 Å². The van der Waals surface area contributed by atoms with Gasteiger partial charge in [0.15, 0.2) is 0 Å². The number of carboxylic acids is 1. The van der Waals surface area contributed by atoms with Crippen LogP contribution in [0.25, 0.3) is 0 Å². The molecule has 0 radical (unpaired) electrons. The van der Waals surface area contributed by atoms with Crippen molar-refractivity contribution >= 4 is 54.9 Å². The van der Waals surface area contributed by atoms with Gasteiger partial charge in [0.2, 0.25) is 23.6 Å². The molecule has 4 atom stereocenters. The zero-order chi connectivity index (χ0) is 23.6. The van der Waals surface area contributed by atoms with Crippen LogP contribution in [0.15, 0.2) is 12.5 Å². The van der Waals surface area contributed by atoms with Crippen molar-refractivity contribution in [3.05, 3.63) is 18.2 Å². The Morgan fingerprint density at radius 2 is 1.58 bits per heavy atom. The number of nitrogens with two attached hydrogens (primary N) is 2. The van der Waals surface area contributed by atoms with E-state index in [9.17, 15) is 24.0 Å². The standard InChI is InChI=1S/C16H25N7O6S2/c17-8(4-30)13(25)21-9(1-7-3-19-6-20-7)14(26)22-10(2-12(18)24)15(27)23-11(5-31)16(28)29/h3,6,8-11,30-31H,1-2,4-5,17H2,(H2,18,24)(H,19,20)(H,21,25)(H,22,26)(H,23,27)(H,28,29). The molecule has 172 valence electrons. The number of rotatable bonds is 13. The first kappa shape index (κ1) is 26.3. The third-order valence-electron chi connectivity index (χ3n) is 3.98. The van der Waals surface area contributed by atoms with Gasteiger partial charge in [0.25, 0.3) is 0 Å². The summed E-state index contributed by atoms with van der Waals surface area (Å²) in [5, 5.41) is 16.0. The number of aromatic nitrogens is 2. The van der Waals surface area contributed by atoms with E-state index in [0.29, 0.717) is 5.69 Å². The molecule has 15 heteroatoms. The van der Waals surface area contributed by atoms with E-state index in [4.69, 9.17) is 16.6 Å². The number of amides is 4. The Labute approximate surface area is 188 Å². The zero-order valence-electron chi connectivity index (χ0n) is 16.3. The highest BCUT2D eigenvalue weighted by Crippen LogP contribution is 2.03. The molecular formula is C16H25N7O6S2. The highest BCUT2D eigenvalue weighted by Gasteiger charge is 2.31. The highest BCUT2D eigenvalue weighted by atomic mass is 32.1. The second-order valence-corrected chi connectivity index (χ2v) is 7.18. The smallest absolute Gasteiger partial charge is 0.327 e. The zero-order valence-corrected chi connectivity index (χ0v) is 18.1. The molecule has 4 unspecified atom stereocenters. The average Bonchev–Trinajstić information content (AvgIpc) is 3.22. The van der Waals surface area contributed by atoms with Crippen molar-refractivity contribution in [3.8, 4) is 0 Å². The van der Waals surface area contributed by atoms with Crippen LogP contribution in [0.2, 0.25) is 0 Å². The molecule has 13 nitrogen and oxygen atoms in total. The number of imidazole rings is 1. The number of H-pyrrole nitrogens is 1. The number of aliphatic carboxylic acids is 1. The molecule has 0 aliphatic rings. The summed E-state index contributed by atoms with van der Waals surface area (Å²) in [7, 11) is 0. The van der Waals surface area contributed by atoms with Gasteiger partial charge in [-0.15, -0.1) is 0 Å². The molecule has 0 aliphatic carbocycles. The number of carboxylic acid groups (broad SMARTS) is 1. The van der Waals surface area contributed by atoms with Gasteiger partial charge >= 0.3 is 5.97 Å². The Bertz CT molecular complexity index is 791. The SMILES string of the molecule is NC(=O)CC(NC(=O)C(Cc1cnc[nH]1)NC(=O)C(N)CS)C(=O)NC(CS)C(=O)O. The van der Waals surface area contributed by atoms with Crippen LogP contribution in [0.1, 0.15) is 12.1 Å². The van der Waals surface area contributed by atoms with Crippen molar-refractivity contribution in [3.63, 3.8) is 0 Å². The van der Waals surface area contributed by atoms with Gasteiger partial charge in [-0.25, -0.2) is 9.78 Å². The molecule has 0 fully saturated rings. The Kier molecular flexibility index (Phi) is 10.8. The molecular weight excluding hydrogens is 450 g/mol. The third-order valence-corrected chi connectivity index (χ3v) is 4.74. The van der Waals surface area contributed by atoms with Gasteiger partial charge in [-0.1, -0.05) is 0 Å². The van der Waals surface area contributed by atoms with Crippen LogP contribution in [0.5, 0.6) is 0 Å². The van der Waals surface area contributed by atoms with E-state index < -0.39 is 60.2 Å². The van der Waals surface area contributed by atoms with Crippen LogP contribution in [-0.2, 0) is 30.4 Å². The number of carbonyl (C=O) groups is 5. The maximum atomic E-state index is 12.8. The molecule has 4 amide bonds.